The molecule has 0 saturated carbocycles. The fourth-order valence-corrected chi connectivity index (χ4v) is 1.60. The molecule has 0 saturated heterocycles. The van der Waals surface area contributed by atoms with E-state index >= 15 is 0 Å². The van der Waals surface area contributed by atoms with E-state index in [1.165, 1.54) is 5.56 Å². The number of carbonyl (C=O) groups excluding carboxylic acids is 1. The third-order valence-electron chi connectivity index (χ3n) is 2.87. The molecule has 3 heteroatoms. The maximum atomic E-state index is 10.3. The number of nitrogens with zero attached hydrogens (tertiary/aromatic N) is 1. The van der Waals surface area contributed by atoms with Crippen LogP contribution in [0.4, 0.5) is 5.69 Å². The molecule has 0 bridgehead atoms. The zero-order valence-electron chi connectivity index (χ0n) is 10.0. The highest BCUT2D eigenvalue weighted by Gasteiger charge is 2.08. The van der Waals surface area contributed by atoms with Gasteiger partial charge in [0, 0.05) is 24.7 Å². The van der Waals surface area contributed by atoms with Crippen molar-refractivity contribution in [3.8, 4) is 0 Å². The molecule has 1 aromatic rings. The first-order valence-corrected chi connectivity index (χ1v) is 5.61. The lowest BCUT2D eigenvalue weighted by atomic mass is 10.1. The summed E-state index contributed by atoms with van der Waals surface area (Å²) in [5.74, 6) is 0. The number of hydrogen-bond donors (Lipinski definition) is 1. The van der Waals surface area contributed by atoms with Gasteiger partial charge in [-0.05, 0) is 38.1 Å². The molecule has 16 heavy (non-hydrogen) atoms. The Labute approximate surface area is 97.2 Å². The number of anilines is 1. The number of nitrogen functional groups attached to an aromatic ring is 1. The molecular weight excluding hydrogens is 200 g/mol. The van der Waals surface area contributed by atoms with Crippen molar-refractivity contribution >= 4 is 12.0 Å². The lowest BCUT2D eigenvalue weighted by Gasteiger charge is -2.24. The van der Waals surface area contributed by atoms with E-state index in [9.17, 15) is 4.79 Å². The molecule has 0 aliphatic carbocycles. The first-order chi connectivity index (χ1) is 7.63. The van der Waals surface area contributed by atoms with Crippen LogP contribution in [-0.4, -0.2) is 24.3 Å². The number of nitrogens with two attached hydrogens (primary N) is 1. The quantitative estimate of drug-likeness (QED) is 0.589. The Morgan fingerprint density at radius 2 is 2.00 bits per heavy atom. The first-order valence-electron chi connectivity index (χ1n) is 5.61. The van der Waals surface area contributed by atoms with Crippen LogP contribution >= 0.6 is 0 Å². The van der Waals surface area contributed by atoms with Gasteiger partial charge < -0.3 is 10.5 Å². The first kappa shape index (κ1) is 12.7. The average Bonchev–Trinajstić information content (AvgIpc) is 2.29. The molecule has 0 heterocycles. The molecule has 1 aromatic carbocycles. The van der Waals surface area contributed by atoms with Crippen molar-refractivity contribution in [2.45, 2.75) is 32.4 Å². The summed E-state index contributed by atoms with van der Waals surface area (Å²) in [4.78, 5) is 12.5. The van der Waals surface area contributed by atoms with E-state index in [2.05, 4.69) is 18.9 Å². The Kier molecular flexibility index (Phi) is 4.99. The molecule has 0 aromatic heterocycles. The van der Waals surface area contributed by atoms with Crippen LogP contribution in [0, 0.1) is 0 Å². The van der Waals surface area contributed by atoms with Crippen LogP contribution in [0.3, 0.4) is 0 Å². The molecule has 0 aliphatic heterocycles. The summed E-state index contributed by atoms with van der Waals surface area (Å²) in [6.07, 6.45) is 2.52. The normalized spacial score (nSPS) is 12.7. The van der Waals surface area contributed by atoms with Crippen molar-refractivity contribution in [1.82, 2.24) is 4.90 Å². The van der Waals surface area contributed by atoms with E-state index in [-0.39, 0.29) is 0 Å². The van der Waals surface area contributed by atoms with Crippen LogP contribution in [0.25, 0.3) is 0 Å². The van der Waals surface area contributed by atoms with E-state index in [0.717, 1.165) is 24.9 Å². The van der Waals surface area contributed by atoms with Crippen molar-refractivity contribution in [2.75, 3.05) is 12.8 Å². The maximum absolute atomic E-state index is 10.3. The van der Waals surface area contributed by atoms with Gasteiger partial charge in [-0.15, -0.1) is 0 Å². The van der Waals surface area contributed by atoms with E-state index < -0.39 is 0 Å². The Hall–Kier alpha value is -1.35. The highest BCUT2D eigenvalue weighted by atomic mass is 16.1. The van der Waals surface area contributed by atoms with Gasteiger partial charge in [-0.3, -0.25) is 4.90 Å². The predicted octanol–water partition coefficient (Wildman–Crippen LogP) is 2.07. The Balaban J connectivity index is 2.46. The van der Waals surface area contributed by atoms with Crippen LogP contribution in [-0.2, 0) is 11.3 Å². The topological polar surface area (TPSA) is 46.3 Å². The molecule has 0 aliphatic rings. The SMILES string of the molecule is CC(CCC=O)N(C)Cc1ccc(N)cc1. The number of aldehydes is 1. The number of carbonyl (C=O) groups is 1. The summed E-state index contributed by atoms with van der Waals surface area (Å²) in [7, 11) is 2.08. The predicted molar refractivity (Wildman–Crippen MR) is 67.1 cm³/mol. The van der Waals surface area contributed by atoms with E-state index in [1.54, 1.807) is 0 Å². The van der Waals surface area contributed by atoms with E-state index in [4.69, 9.17) is 5.73 Å². The highest BCUT2D eigenvalue weighted by Crippen LogP contribution is 2.11. The van der Waals surface area contributed by atoms with Crippen LogP contribution in [0.15, 0.2) is 24.3 Å². The van der Waals surface area contributed by atoms with Gasteiger partial charge in [0.25, 0.3) is 0 Å². The van der Waals surface area contributed by atoms with Crippen molar-refractivity contribution in [2.24, 2.45) is 0 Å². The monoisotopic (exact) mass is 220 g/mol. The molecule has 88 valence electrons. The summed E-state index contributed by atoms with van der Waals surface area (Å²) in [5, 5.41) is 0. The molecule has 1 unspecified atom stereocenters. The fraction of sp³-hybridized carbons (Fsp3) is 0.462. The van der Waals surface area contributed by atoms with Crippen molar-refractivity contribution in [1.29, 1.82) is 0 Å². The summed E-state index contributed by atoms with van der Waals surface area (Å²) >= 11 is 0. The second-order valence-electron chi connectivity index (χ2n) is 4.25. The number of hydrogen-bond acceptors (Lipinski definition) is 3. The van der Waals surface area contributed by atoms with Crippen LogP contribution in [0.2, 0.25) is 0 Å². The molecule has 0 amide bonds. The minimum Gasteiger partial charge on any atom is -0.399 e. The molecule has 3 nitrogen and oxygen atoms in total. The van der Waals surface area contributed by atoms with Crippen molar-refractivity contribution in [3.05, 3.63) is 29.8 Å². The van der Waals surface area contributed by atoms with Gasteiger partial charge in [0.2, 0.25) is 0 Å². The third-order valence-corrected chi connectivity index (χ3v) is 2.87. The van der Waals surface area contributed by atoms with Gasteiger partial charge in [0.15, 0.2) is 0 Å². The van der Waals surface area contributed by atoms with Gasteiger partial charge in [0.05, 0.1) is 0 Å². The Morgan fingerprint density at radius 3 is 2.56 bits per heavy atom. The van der Waals surface area contributed by atoms with Gasteiger partial charge in [-0.2, -0.15) is 0 Å². The van der Waals surface area contributed by atoms with Crippen LogP contribution < -0.4 is 5.73 Å². The zero-order chi connectivity index (χ0) is 12.0. The molecule has 1 rings (SSSR count). The number of rotatable bonds is 6. The lowest BCUT2D eigenvalue weighted by Crippen LogP contribution is -2.28. The molecule has 0 radical (unpaired) electrons. The average molecular weight is 220 g/mol. The second kappa shape index (κ2) is 6.28. The second-order valence-corrected chi connectivity index (χ2v) is 4.25. The van der Waals surface area contributed by atoms with Crippen molar-refractivity contribution in [3.63, 3.8) is 0 Å². The molecule has 0 fully saturated rings. The van der Waals surface area contributed by atoms with Crippen molar-refractivity contribution < 1.29 is 4.79 Å². The van der Waals surface area contributed by atoms with Gasteiger partial charge >= 0.3 is 0 Å². The fourth-order valence-electron chi connectivity index (χ4n) is 1.60. The summed E-state index contributed by atoms with van der Waals surface area (Å²) in [6, 6.07) is 8.33. The van der Waals surface area contributed by atoms with E-state index in [0.29, 0.717) is 12.5 Å². The Morgan fingerprint density at radius 1 is 1.38 bits per heavy atom. The highest BCUT2D eigenvalue weighted by molar-refractivity contribution is 5.49. The van der Waals surface area contributed by atoms with Crippen LogP contribution in [0.1, 0.15) is 25.3 Å². The summed E-state index contributed by atoms with van der Waals surface area (Å²) in [5.41, 5.74) is 7.67. The number of benzene rings is 1. The molecule has 2 N–H and O–H groups in total. The smallest absolute Gasteiger partial charge is 0.120 e. The van der Waals surface area contributed by atoms with Crippen LogP contribution in [0.5, 0.6) is 0 Å². The minimum absolute atomic E-state index is 0.419. The summed E-state index contributed by atoms with van der Waals surface area (Å²) < 4.78 is 0. The lowest BCUT2D eigenvalue weighted by molar-refractivity contribution is -0.108. The molecular formula is C13H20N2O. The molecule has 0 spiro atoms. The zero-order valence-corrected chi connectivity index (χ0v) is 10.0. The minimum atomic E-state index is 0.419. The summed E-state index contributed by atoms with van der Waals surface area (Å²) in [6.45, 7) is 3.03. The molecule has 1 atom stereocenters. The van der Waals surface area contributed by atoms with Gasteiger partial charge in [0.1, 0.15) is 6.29 Å². The maximum Gasteiger partial charge on any atom is 0.120 e. The largest absolute Gasteiger partial charge is 0.399 e. The van der Waals surface area contributed by atoms with Gasteiger partial charge in [-0.25, -0.2) is 0 Å². The Bertz CT molecular complexity index is 321. The third kappa shape index (κ3) is 4.03. The van der Waals surface area contributed by atoms with E-state index in [1.807, 2.05) is 24.3 Å². The van der Waals surface area contributed by atoms with Gasteiger partial charge in [-0.1, -0.05) is 12.1 Å². The standard InChI is InChI=1S/C13H20N2O/c1-11(4-3-9-16)15(2)10-12-5-7-13(14)8-6-12/h5-9,11H,3-4,10,14H2,1-2H3.